The molecule has 0 radical (unpaired) electrons. The number of rotatable bonds is 5. The highest BCUT2D eigenvalue weighted by molar-refractivity contribution is 6.13. The lowest BCUT2D eigenvalue weighted by Crippen LogP contribution is -2.10. The van der Waals surface area contributed by atoms with Crippen LogP contribution in [0.5, 0.6) is 0 Å². The molecule has 2 atom stereocenters. The Morgan fingerprint density at radius 3 is 1.96 bits per heavy atom. The van der Waals surface area contributed by atoms with Gasteiger partial charge in [-0.05, 0) is 63.9 Å². The van der Waals surface area contributed by atoms with E-state index < -0.39 is 0 Å². The quantitative estimate of drug-likeness (QED) is 0.180. The summed E-state index contributed by atoms with van der Waals surface area (Å²) in [5.41, 5.74) is 10.8. The van der Waals surface area contributed by atoms with Gasteiger partial charge in [-0.25, -0.2) is 9.97 Å². The van der Waals surface area contributed by atoms with Gasteiger partial charge in [-0.15, -0.1) is 0 Å². The minimum atomic E-state index is 0.209. The average Bonchev–Trinajstić information content (AvgIpc) is 3.18. The van der Waals surface area contributed by atoms with E-state index in [4.69, 9.17) is 9.97 Å². The van der Waals surface area contributed by atoms with Gasteiger partial charge in [0.15, 0.2) is 5.82 Å². The Kier molecular flexibility index (Phi) is 7.28. The molecule has 1 aromatic heterocycles. The number of hydrogen-bond acceptors (Lipinski definition) is 2. The van der Waals surface area contributed by atoms with E-state index in [2.05, 4.69) is 158 Å². The minimum absolute atomic E-state index is 0.209. The summed E-state index contributed by atoms with van der Waals surface area (Å²) in [6.07, 6.45) is 24.5. The molecule has 2 unspecified atom stereocenters. The van der Waals surface area contributed by atoms with E-state index >= 15 is 0 Å². The van der Waals surface area contributed by atoms with Crippen LogP contribution in [0.2, 0.25) is 0 Å². The number of aryl methyl sites for hydroxylation is 1. The summed E-state index contributed by atoms with van der Waals surface area (Å²) in [5.74, 6) is 1.30. The highest BCUT2D eigenvalue weighted by atomic mass is 14.9. The van der Waals surface area contributed by atoms with Crippen LogP contribution in [0.15, 0.2) is 152 Å². The Balaban J connectivity index is 1.12. The Bertz CT molecular complexity index is 2280. The van der Waals surface area contributed by atoms with Crippen molar-refractivity contribution in [2.45, 2.75) is 37.5 Å². The number of benzene rings is 5. The highest BCUT2D eigenvalue weighted by Crippen LogP contribution is 2.42. The monoisotopic (exact) mass is 616 g/mol. The Hall–Kier alpha value is -5.60. The number of nitrogens with zero attached hydrogens (tertiary/aromatic N) is 2. The zero-order valence-electron chi connectivity index (χ0n) is 26.9. The van der Waals surface area contributed by atoms with Crippen LogP contribution >= 0.6 is 0 Å². The van der Waals surface area contributed by atoms with Crippen LogP contribution in [0.25, 0.3) is 55.7 Å². The van der Waals surface area contributed by atoms with E-state index in [0.717, 1.165) is 59.6 Å². The second-order valence-electron chi connectivity index (χ2n) is 13.1. The van der Waals surface area contributed by atoms with Crippen LogP contribution in [0.1, 0.15) is 59.2 Å². The van der Waals surface area contributed by atoms with Gasteiger partial charge in [0, 0.05) is 34.1 Å². The predicted octanol–water partition coefficient (Wildman–Crippen LogP) is 11.8. The largest absolute Gasteiger partial charge is 0.228 e. The standard InChI is InChI=1S/C46H36N2/c1-4-14-32(15-5-1)43-44(33-16-6-2-7-17-33)47-46(48-45(43)34-18-8-3-9-19-34)35-26-24-31(25-27-35)36-28-29-41-39-22-11-10-20-37(39)38-21-12-13-23-40(38)42(41)30-36/h1-12,14,16-22,24,26-32H,13,15,23,25H2. The smallest absolute Gasteiger partial charge is 0.160 e. The third-order valence-electron chi connectivity index (χ3n) is 10.2. The van der Waals surface area contributed by atoms with Crippen molar-refractivity contribution in [2.24, 2.45) is 0 Å². The summed E-state index contributed by atoms with van der Waals surface area (Å²) in [4.78, 5) is 10.7. The summed E-state index contributed by atoms with van der Waals surface area (Å²) in [6.45, 7) is 0. The molecule has 1 heterocycles. The second kappa shape index (κ2) is 12.2. The maximum atomic E-state index is 5.35. The fraction of sp³-hybridized carbons (Fsp3) is 0.130. The van der Waals surface area contributed by atoms with E-state index in [1.54, 1.807) is 0 Å². The first-order valence-corrected chi connectivity index (χ1v) is 17.2. The fourth-order valence-electron chi connectivity index (χ4n) is 7.84. The molecule has 9 rings (SSSR count). The lowest BCUT2D eigenvalue weighted by atomic mass is 9.83. The Morgan fingerprint density at radius 1 is 0.562 bits per heavy atom. The molecule has 0 bridgehead atoms. The molecule has 0 N–H and O–H groups in total. The summed E-state index contributed by atoms with van der Waals surface area (Å²) >= 11 is 0. The average molecular weight is 617 g/mol. The molecule has 2 nitrogen and oxygen atoms in total. The van der Waals surface area contributed by atoms with Crippen molar-refractivity contribution in [3.63, 3.8) is 0 Å². The summed E-state index contributed by atoms with van der Waals surface area (Å²) in [7, 11) is 0. The van der Waals surface area contributed by atoms with Gasteiger partial charge in [-0.1, -0.05) is 158 Å². The van der Waals surface area contributed by atoms with Crippen LogP contribution in [-0.2, 0) is 6.42 Å². The molecule has 0 fully saturated rings. The van der Waals surface area contributed by atoms with E-state index in [9.17, 15) is 0 Å². The van der Waals surface area contributed by atoms with Crippen LogP contribution in [0.3, 0.4) is 0 Å². The van der Waals surface area contributed by atoms with Gasteiger partial charge < -0.3 is 0 Å². The number of hydrogen-bond donors (Lipinski definition) is 0. The fourth-order valence-corrected chi connectivity index (χ4v) is 7.84. The van der Waals surface area contributed by atoms with Gasteiger partial charge in [0.25, 0.3) is 0 Å². The predicted molar refractivity (Wildman–Crippen MR) is 202 cm³/mol. The third kappa shape index (κ3) is 5.05. The van der Waals surface area contributed by atoms with Crippen molar-refractivity contribution >= 4 is 33.2 Å². The minimum Gasteiger partial charge on any atom is -0.228 e. The summed E-state index contributed by atoms with van der Waals surface area (Å²) in [6, 6.07) is 37.3. The molecular formula is C46H36N2. The lowest BCUT2D eigenvalue weighted by Gasteiger charge is -2.23. The first kappa shape index (κ1) is 28.6. The van der Waals surface area contributed by atoms with Crippen LogP contribution in [0, 0.1) is 0 Å². The molecule has 230 valence electrons. The van der Waals surface area contributed by atoms with Gasteiger partial charge in [0.2, 0.25) is 0 Å². The summed E-state index contributed by atoms with van der Waals surface area (Å²) in [5, 5.41) is 5.47. The van der Waals surface area contributed by atoms with E-state index in [1.165, 1.54) is 43.8 Å². The number of fused-ring (bicyclic) bond motifs is 6. The van der Waals surface area contributed by atoms with E-state index in [0.29, 0.717) is 5.92 Å². The Labute approximate surface area is 282 Å². The number of allylic oxidation sites excluding steroid dienone is 9. The molecule has 3 aliphatic carbocycles. The zero-order valence-corrected chi connectivity index (χ0v) is 26.9. The molecular weight excluding hydrogens is 581 g/mol. The molecule has 48 heavy (non-hydrogen) atoms. The maximum absolute atomic E-state index is 5.35. The van der Waals surface area contributed by atoms with Gasteiger partial charge in [0.05, 0.1) is 11.4 Å². The van der Waals surface area contributed by atoms with E-state index in [1.807, 2.05) is 0 Å². The topological polar surface area (TPSA) is 25.8 Å². The van der Waals surface area contributed by atoms with Crippen molar-refractivity contribution in [2.75, 3.05) is 0 Å². The van der Waals surface area contributed by atoms with Crippen molar-refractivity contribution in [1.29, 1.82) is 0 Å². The van der Waals surface area contributed by atoms with Crippen molar-refractivity contribution in [3.8, 4) is 22.5 Å². The molecule has 0 aliphatic heterocycles. The van der Waals surface area contributed by atoms with Crippen LogP contribution in [0.4, 0.5) is 0 Å². The molecule has 5 aromatic carbocycles. The van der Waals surface area contributed by atoms with Crippen molar-refractivity contribution in [1.82, 2.24) is 9.97 Å². The third-order valence-corrected chi connectivity index (χ3v) is 10.2. The van der Waals surface area contributed by atoms with Gasteiger partial charge in [-0.3, -0.25) is 0 Å². The maximum Gasteiger partial charge on any atom is 0.160 e. The molecule has 6 aromatic rings. The Morgan fingerprint density at radius 2 is 1.27 bits per heavy atom. The molecule has 0 spiro atoms. The van der Waals surface area contributed by atoms with Crippen LogP contribution in [-0.4, -0.2) is 9.97 Å². The summed E-state index contributed by atoms with van der Waals surface area (Å²) < 4.78 is 0. The van der Waals surface area contributed by atoms with Crippen molar-refractivity contribution < 1.29 is 0 Å². The normalized spacial score (nSPS) is 18.3. The molecule has 3 aliphatic rings. The molecule has 0 amide bonds. The molecule has 2 heteroatoms. The highest BCUT2D eigenvalue weighted by Gasteiger charge is 2.25. The van der Waals surface area contributed by atoms with Gasteiger partial charge in [-0.2, -0.15) is 0 Å². The van der Waals surface area contributed by atoms with Gasteiger partial charge in [0.1, 0.15) is 0 Å². The van der Waals surface area contributed by atoms with Crippen molar-refractivity contribution in [3.05, 3.63) is 180 Å². The molecule has 0 saturated heterocycles. The second-order valence-corrected chi connectivity index (χ2v) is 13.1. The number of aromatic nitrogens is 2. The SMILES string of the molecule is C1=CCC(c2c(-c3ccccc3)nc(C3=CCC(c4ccc5c(c4)c4c(c6ccccc65)C=CCC4)C=C3)nc2-c2ccccc2)C=C1. The molecule has 0 saturated carbocycles. The van der Waals surface area contributed by atoms with Gasteiger partial charge >= 0.3 is 0 Å². The van der Waals surface area contributed by atoms with E-state index in [-0.39, 0.29) is 5.92 Å². The lowest BCUT2D eigenvalue weighted by molar-refractivity contribution is 0.837. The first-order chi connectivity index (χ1) is 23.8. The first-order valence-electron chi connectivity index (χ1n) is 17.2. The van der Waals surface area contributed by atoms with Crippen LogP contribution < -0.4 is 0 Å². The zero-order chi connectivity index (χ0) is 31.9.